The summed E-state index contributed by atoms with van der Waals surface area (Å²) in [5.41, 5.74) is 5.70. The van der Waals surface area contributed by atoms with E-state index >= 15 is 0 Å². The maximum Gasteiger partial charge on any atom is 0.269 e. The van der Waals surface area contributed by atoms with Gasteiger partial charge in [-0.15, -0.1) is 0 Å². The Morgan fingerprint density at radius 3 is 2.30 bits per heavy atom. The van der Waals surface area contributed by atoms with Crippen LogP contribution in [0.25, 0.3) is 0 Å². The van der Waals surface area contributed by atoms with Crippen molar-refractivity contribution in [3.05, 3.63) is 58.1 Å². The van der Waals surface area contributed by atoms with E-state index in [-0.39, 0.29) is 5.11 Å². The Bertz CT molecular complexity index is 843. The van der Waals surface area contributed by atoms with Gasteiger partial charge in [-0.25, -0.2) is 0 Å². The number of benzene rings is 2. The first-order valence-electron chi connectivity index (χ1n) is 7.92. The standard InChI is InChI=1S/C18H18BrN3O4S/c1-3-26-15-9-6-12(10-14(15)19)16(23)20-18(27)22-21-17(24)11-4-7-13(25-2)8-5-11/h4-10H,3H2,1-2H3,(H,21,24)(H2,20,22,23,27). The number of halogens is 1. The molecule has 0 aliphatic heterocycles. The molecule has 7 nitrogen and oxygen atoms in total. The summed E-state index contributed by atoms with van der Waals surface area (Å²) in [6.07, 6.45) is 0. The molecular formula is C18H18BrN3O4S. The summed E-state index contributed by atoms with van der Waals surface area (Å²) in [5.74, 6) is 0.457. The number of thiocarbonyl (C=S) groups is 1. The first-order valence-corrected chi connectivity index (χ1v) is 9.12. The molecule has 2 amide bonds. The van der Waals surface area contributed by atoms with Crippen molar-refractivity contribution < 1.29 is 19.1 Å². The highest BCUT2D eigenvalue weighted by Gasteiger charge is 2.12. The minimum absolute atomic E-state index is 0.0353. The van der Waals surface area contributed by atoms with E-state index in [9.17, 15) is 9.59 Å². The van der Waals surface area contributed by atoms with Crippen LogP contribution in [0.15, 0.2) is 46.9 Å². The quantitative estimate of drug-likeness (QED) is 0.478. The second-order valence-corrected chi connectivity index (χ2v) is 6.43. The van der Waals surface area contributed by atoms with Crippen LogP contribution in [0.1, 0.15) is 27.6 Å². The van der Waals surface area contributed by atoms with Crippen LogP contribution in [-0.4, -0.2) is 30.6 Å². The third-order valence-corrected chi connectivity index (χ3v) is 4.19. The van der Waals surface area contributed by atoms with E-state index in [1.54, 1.807) is 49.6 Å². The number of hydrogen-bond donors (Lipinski definition) is 3. The van der Waals surface area contributed by atoms with Gasteiger partial charge in [0.1, 0.15) is 11.5 Å². The molecule has 0 saturated heterocycles. The van der Waals surface area contributed by atoms with E-state index in [4.69, 9.17) is 21.7 Å². The fraction of sp³-hybridized carbons (Fsp3) is 0.167. The van der Waals surface area contributed by atoms with Gasteiger partial charge in [-0.1, -0.05) is 0 Å². The number of rotatable bonds is 5. The molecule has 0 bridgehead atoms. The topological polar surface area (TPSA) is 88.7 Å². The second-order valence-electron chi connectivity index (χ2n) is 5.17. The van der Waals surface area contributed by atoms with Gasteiger partial charge in [-0.2, -0.15) is 0 Å². The van der Waals surface area contributed by atoms with Crippen LogP contribution in [-0.2, 0) is 0 Å². The lowest BCUT2D eigenvalue weighted by Gasteiger charge is -2.12. The van der Waals surface area contributed by atoms with E-state index in [0.717, 1.165) is 0 Å². The van der Waals surface area contributed by atoms with Crippen LogP contribution in [0, 0.1) is 0 Å². The number of hydrazine groups is 1. The van der Waals surface area contributed by atoms with Gasteiger partial charge in [0, 0.05) is 11.1 Å². The second kappa shape index (κ2) is 9.89. The van der Waals surface area contributed by atoms with Crippen molar-refractivity contribution >= 4 is 45.1 Å². The van der Waals surface area contributed by atoms with Crippen molar-refractivity contribution in [2.45, 2.75) is 6.92 Å². The molecule has 0 aliphatic rings. The molecule has 142 valence electrons. The number of nitrogens with one attached hydrogen (secondary N) is 3. The predicted octanol–water partition coefficient (Wildman–Crippen LogP) is 2.81. The molecule has 0 aromatic heterocycles. The lowest BCUT2D eigenvalue weighted by atomic mass is 10.2. The highest BCUT2D eigenvalue weighted by molar-refractivity contribution is 9.10. The van der Waals surface area contributed by atoms with E-state index < -0.39 is 11.8 Å². The van der Waals surface area contributed by atoms with Crippen molar-refractivity contribution in [3.63, 3.8) is 0 Å². The third-order valence-electron chi connectivity index (χ3n) is 3.36. The molecule has 0 aliphatic carbocycles. The summed E-state index contributed by atoms with van der Waals surface area (Å²) in [5, 5.41) is 2.45. The van der Waals surface area contributed by atoms with Gasteiger partial charge in [0.15, 0.2) is 5.11 Å². The molecule has 2 aromatic carbocycles. The zero-order valence-corrected chi connectivity index (χ0v) is 17.1. The number of amides is 2. The number of ether oxygens (including phenoxy) is 2. The van der Waals surface area contributed by atoms with Crippen LogP contribution in [0.3, 0.4) is 0 Å². The minimum atomic E-state index is -0.421. The summed E-state index contributed by atoms with van der Waals surface area (Å²) in [6.45, 7) is 2.39. The lowest BCUT2D eigenvalue weighted by Crippen LogP contribution is -2.48. The lowest BCUT2D eigenvalue weighted by molar-refractivity contribution is 0.0934. The van der Waals surface area contributed by atoms with Crippen LogP contribution in [0.5, 0.6) is 11.5 Å². The Balaban J connectivity index is 1.88. The van der Waals surface area contributed by atoms with Crippen LogP contribution >= 0.6 is 28.1 Å². The monoisotopic (exact) mass is 451 g/mol. The summed E-state index contributed by atoms with van der Waals surface area (Å²) in [6, 6.07) is 11.5. The SMILES string of the molecule is CCOc1ccc(C(=O)NC(=S)NNC(=O)c2ccc(OC)cc2)cc1Br. The first-order chi connectivity index (χ1) is 12.9. The van der Waals surface area contributed by atoms with E-state index in [2.05, 4.69) is 32.1 Å². The van der Waals surface area contributed by atoms with Crippen LogP contribution in [0.4, 0.5) is 0 Å². The van der Waals surface area contributed by atoms with Crippen molar-refractivity contribution in [2.24, 2.45) is 0 Å². The third kappa shape index (κ3) is 5.93. The largest absolute Gasteiger partial charge is 0.497 e. The summed E-state index contributed by atoms with van der Waals surface area (Å²) >= 11 is 8.37. The molecule has 0 heterocycles. The smallest absolute Gasteiger partial charge is 0.269 e. The van der Waals surface area contributed by atoms with Crippen LogP contribution < -0.4 is 25.6 Å². The fourth-order valence-electron chi connectivity index (χ4n) is 2.05. The maximum atomic E-state index is 12.2. The minimum Gasteiger partial charge on any atom is -0.497 e. The molecule has 2 aromatic rings. The van der Waals surface area contributed by atoms with Gasteiger partial charge in [0.2, 0.25) is 0 Å². The maximum absolute atomic E-state index is 12.2. The van der Waals surface area contributed by atoms with E-state index in [1.165, 1.54) is 0 Å². The number of carbonyl (C=O) groups excluding carboxylic acids is 2. The summed E-state index contributed by atoms with van der Waals surface area (Å²) in [4.78, 5) is 24.3. The van der Waals surface area contributed by atoms with Gasteiger partial charge in [-0.05, 0) is 77.5 Å². The van der Waals surface area contributed by atoms with Crippen molar-refractivity contribution in [2.75, 3.05) is 13.7 Å². The highest BCUT2D eigenvalue weighted by atomic mass is 79.9. The predicted molar refractivity (Wildman–Crippen MR) is 109 cm³/mol. The average molecular weight is 452 g/mol. The van der Waals surface area contributed by atoms with Gasteiger partial charge in [-0.3, -0.25) is 25.8 Å². The summed E-state index contributed by atoms with van der Waals surface area (Å²) < 4.78 is 11.1. The molecular weight excluding hydrogens is 434 g/mol. The molecule has 9 heteroatoms. The molecule has 0 fully saturated rings. The average Bonchev–Trinajstić information content (AvgIpc) is 2.67. The molecule has 0 radical (unpaired) electrons. The zero-order valence-electron chi connectivity index (χ0n) is 14.7. The van der Waals surface area contributed by atoms with E-state index in [0.29, 0.717) is 33.7 Å². The summed E-state index contributed by atoms with van der Waals surface area (Å²) in [7, 11) is 1.54. The molecule has 0 spiro atoms. The highest BCUT2D eigenvalue weighted by Crippen LogP contribution is 2.25. The first kappa shape index (κ1) is 20.7. The van der Waals surface area contributed by atoms with Gasteiger partial charge in [0.25, 0.3) is 11.8 Å². The molecule has 0 saturated carbocycles. The molecule has 27 heavy (non-hydrogen) atoms. The Labute approximate surface area is 170 Å². The Kier molecular flexibility index (Phi) is 7.56. The zero-order chi connectivity index (χ0) is 19.8. The Morgan fingerprint density at radius 1 is 1.04 bits per heavy atom. The number of carbonyl (C=O) groups is 2. The van der Waals surface area contributed by atoms with Crippen LogP contribution in [0.2, 0.25) is 0 Å². The Hall–Kier alpha value is -2.65. The van der Waals surface area contributed by atoms with Gasteiger partial charge < -0.3 is 9.47 Å². The van der Waals surface area contributed by atoms with Crippen molar-refractivity contribution in [3.8, 4) is 11.5 Å². The number of hydrogen-bond acceptors (Lipinski definition) is 5. The number of methoxy groups -OCH3 is 1. The Morgan fingerprint density at radius 2 is 1.70 bits per heavy atom. The molecule has 0 unspecified atom stereocenters. The molecule has 3 N–H and O–H groups in total. The van der Waals surface area contributed by atoms with E-state index in [1.807, 2.05) is 6.92 Å². The fourth-order valence-corrected chi connectivity index (χ4v) is 2.69. The van der Waals surface area contributed by atoms with Gasteiger partial charge >= 0.3 is 0 Å². The van der Waals surface area contributed by atoms with Crippen molar-refractivity contribution in [1.82, 2.24) is 16.2 Å². The molecule has 0 atom stereocenters. The molecule has 2 rings (SSSR count). The van der Waals surface area contributed by atoms with Gasteiger partial charge in [0.05, 0.1) is 18.2 Å². The van der Waals surface area contributed by atoms with Crippen molar-refractivity contribution in [1.29, 1.82) is 0 Å². The normalized spacial score (nSPS) is 9.89.